The molecule has 160 valence electrons. The lowest BCUT2D eigenvalue weighted by atomic mass is 10.2. The van der Waals surface area contributed by atoms with Crippen LogP contribution in [0.15, 0.2) is 41.0 Å². The van der Waals surface area contributed by atoms with Crippen LogP contribution in [-0.4, -0.2) is 55.7 Å². The van der Waals surface area contributed by atoms with Gasteiger partial charge in [0.25, 0.3) is 0 Å². The number of piperidine rings is 1. The number of hydrogen-bond acceptors (Lipinski definition) is 8. The molecule has 0 spiro atoms. The highest BCUT2D eigenvalue weighted by Crippen LogP contribution is 2.37. The molecule has 1 fully saturated rings. The number of benzene rings is 1. The summed E-state index contributed by atoms with van der Waals surface area (Å²) in [5.41, 5.74) is 0.457. The van der Waals surface area contributed by atoms with Gasteiger partial charge >= 0.3 is 0 Å². The van der Waals surface area contributed by atoms with Crippen molar-refractivity contribution < 1.29 is 22.3 Å². The number of furan rings is 1. The Morgan fingerprint density at radius 1 is 1.17 bits per heavy atom. The van der Waals surface area contributed by atoms with Gasteiger partial charge in [0.1, 0.15) is 17.2 Å². The third kappa shape index (κ3) is 3.73. The van der Waals surface area contributed by atoms with Crippen LogP contribution < -0.4 is 19.5 Å². The van der Waals surface area contributed by atoms with Gasteiger partial charge in [-0.05, 0) is 43.7 Å². The molecule has 0 bridgehead atoms. The summed E-state index contributed by atoms with van der Waals surface area (Å²) in [5, 5.41) is 10.8. The van der Waals surface area contributed by atoms with E-state index in [-0.39, 0.29) is 5.95 Å². The number of hydrogen-bond donors (Lipinski definition) is 2. The van der Waals surface area contributed by atoms with Crippen molar-refractivity contribution in [2.24, 2.45) is 0 Å². The van der Waals surface area contributed by atoms with Crippen molar-refractivity contribution in [2.75, 3.05) is 32.0 Å². The van der Waals surface area contributed by atoms with Gasteiger partial charge in [0.15, 0.2) is 5.76 Å². The Hall–Kier alpha value is -3.05. The van der Waals surface area contributed by atoms with Crippen molar-refractivity contribution in [3.05, 3.63) is 36.6 Å². The minimum Gasteiger partial charge on any atom is -0.494 e. The molecule has 0 radical (unpaired) electrons. The number of nitrogens with one attached hydrogen (secondary N) is 2. The molecular weight excluding hydrogens is 410 g/mol. The predicted octanol–water partition coefficient (Wildman–Crippen LogP) is 2.04. The average molecular weight is 433 g/mol. The highest BCUT2D eigenvalue weighted by molar-refractivity contribution is 7.93. The van der Waals surface area contributed by atoms with Gasteiger partial charge in [0.05, 0.1) is 25.7 Å². The maximum atomic E-state index is 13.0. The van der Waals surface area contributed by atoms with Crippen molar-refractivity contribution >= 4 is 16.0 Å². The van der Waals surface area contributed by atoms with E-state index in [4.69, 9.17) is 13.9 Å². The fourth-order valence-electron chi connectivity index (χ4n) is 3.47. The van der Waals surface area contributed by atoms with Crippen molar-refractivity contribution in [1.82, 2.24) is 20.1 Å². The molecule has 10 nitrogen and oxygen atoms in total. The molecule has 0 unspecified atom stereocenters. The lowest BCUT2D eigenvalue weighted by Gasteiger charge is -2.23. The number of rotatable bonds is 7. The zero-order valence-electron chi connectivity index (χ0n) is 16.7. The van der Waals surface area contributed by atoms with Crippen LogP contribution in [0.1, 0.15) is 12.8 Å². The molecule has 1 aliphatic heterocycles. The van der Waals surface area contributed by atoms with E-state index in [1.807, 2.05) is 0 Å². The SMILES string of the molecule is COc1cccc(OC)c1-n1c(NS(=O)(=O)[C@H]2CCCNC2)nnc1-c1ccco1. The normalized spacial score (nSPS) is 16.9. The summed E-state index contributed by atoms with van der Waals surface area (Å²) >= 11 is 0. The average Bonchev–Trinajstić information content (AvgIpc) is 3.43. The number of sulfonamides is 1. The second kappa shape index (κ2) is 8.36. The fourth-order valence-corrected chi connectivity index (χ4v) is 4.84. The Morgan fingerprint density at radius 2 is 1.93 bits per heavy atom. The molecule has 1 aliphatic rings. The van der Waals surface area contributed by atoms with Crippen LogP contribution in [0.2, 0.25) is 0 Å². The lowest BCUT2D eigenvalue weighted by Crippen LogP contribution is -2.41. The quantitative estimate of drug-likeness (QED) is 0.581. The van der Waals surface area contributed by atoms with E-state index in [0.717, 1.165) is 13.0 Å². The van der Waals surface area contributed by atoms with Gasteiger partial charge in [0, 0.05) is 6.54 Å². The summed E-state index contributed by atoms with van der Waals surface area (Å²) in [5.74, 6) is 1.67. The molecule has 2 N–H and O–H groups in total. The molecule has 1 saturated heterocycles. The smallest absolute Gasteiger partial charge is 0.243 e. The summed E-state index contributed by atoms with van der Waals surface area (Å²) in [7, 11) is -0.668. The van der Waals surface area contributed by atoms with Crippen molar-refractivity contribution in [3.63, 3.8) is 0 Å². The van der Waals surface area contributed by atoms with Gasteiger partial charge in [-0.2, -0.15) is 0 Å². The molecule has 1 atom stereocenters. The van der Waals surface area contributed by atoms with Gasteiger partial charge in [-0.15, -0.1) is 10.2 Å². The predicted molar refractivity (Wildman–Crippen MR) is 111 cm³/mol. The van der Waals surface area contributed by atoms with E-state index in [1.54, 1.807) is 30.3 Å². The molecule has 0 saturated carbocycles. The molecule has 30 heavy (non-hydrogen) atoms. The fraction of sp³-hybridized carbons (Fsp3) is 0.368. The minimum absolute atomic E-state index is 0.0229. The molecular formula is C19H23N5O5S. The van der Waals surface area contributed by atoms with Crippen LogP contribution >= 0.6 is 0 Å². The van der Waals surface area contributed by atoms with Gasteiger partial charge in [-0.1, -0.05) is 6.07 Å². The Bertz CT molecular complexity index is 1080. The van der Waals surface area contributed by atoms with E-state index in [9.17, 15) is 8.42 Å². The van der Waals surface area contributed by atoms with Crippen LogP contribution in [-0.2, 0) is 10.0 Å². The van der Waals surface area contributed by atoms with Crippen LogP contribution in [0.3, 0.4) is 0 Å². The molecule has 11 heteroatoms. The van der Waals surface area contributed by atoms with E-state index >= 15 is 0 Å². The first-order chi connectivity index (χ1) is 14.5. The molecule has 1 aromatic carbocycles. The highest BCUT2D eigenvalue weighted by Gasteiger charge is 2.31. The first kappa shape index (κ1) is 20.2. The van der Waals surface area contributed by atoms with Gasteiger partial charge in [-0.3, -0.25) is 9.29 Å². The lowest BCUT2D eigenvalue weighted by molar-refractivity contribution is 0.391. The summed E-state index contributed by atoms with van der Waals surface area (Å²) in [4.78, 5) is 0. The zero-order valence-corrected chi connectivity index (χ0v) is 17.5. The number of anilines is 1. The standard InChI is InChI=1S/C19H23N5O5S/c1-27-14-7-3-8-15(28-2)17(14)24-18(16-9-5-11-29-16)21-22-19(24)23-30(25,26)13-6-4-10-20-12-13/h3,5,7-9,11,13,20H,4,6,10,12H2,1-2H3,(H,22,23)/t13-/m0/s1. The summed E-state index contributed by atoms with van der Waals surface area (Å²) in [6.45, 7) is 1.19. The number of methoxy groups -OCH3 is 2. The molecule has 4 rings (SSSR count). The van der Waals surface area contributed by atoms with Crippen LogP contribution in [0.4, 0.5) is 5.95 Å². The minimum atomic E-state index is -3.71. The van der Waals surface area contributed by atoms with E-state index in [0.29, 0.717) is 41.7 Å². The van der Waals surface area contributed by atoms with Gasteiger partial charge in [-0.25, -0.2) is 8.42 Å². The highest BCUT2D eigenvalue weighted by atomic mass is 32.2. The number of ether oxygens (including phenoxy) is 2. The monoisotopic (exact) mass is 433 g/mol. The zero-order chi connectivity index (χ0) is 21.1. The summed E-state index contributed by atoms with van der Waals surface area (Å²) in [6.07, 6.45) is 2.86. The second-order valence-electron chi connectivity index (χ2n) is 6.79. The van der Waals surface area contributed by atoms with E-state index in [1.165, 1.54) is 25.0 Å². The summed E-state index contributed by atoms with van der Waals surface area (Å²) < 4.78 is 46.7. The Labute approximate surface area is 174 Å². The first-order valence-electron chi connectivity index (χ1n) is 9.48. The van der Waals surface area contributed by atoms with E-state index < -0.39 is 15.3 Å². The van der Waals surface area contributed by atoms with Crippen molar-refractivity contribution in [3.8, 4) is 28.8 Å². The van der Waals surface area contributed by atoms with Crippen molar-refractivity contribution in [2.45, 2.75) is 18.1 Å². The van der Waals surface area contributed by atoms with Crippen molar-refractivity contribution in [1.29, 1.82) is 0 Å². The third-order valence-electron chi connectivity index (χ3n) is 4.95. The molecule has 0 aliphatic carbocycles. The number of nitrogens with zero attached hydrogens (tertiary/aromatic N) is 3. The second-order valence-corrected chi connectivity index (χ2v) is 8.75. The summed E-state index contributed by atoms with van der Waals surface area (Å²) in [6, 6.07) is 8.69. The van der Waals surface area contributed by atoms with Gasteiger partial charge in [0.2, 0.25) is 21.8 Å². The van der Waals surface area contributed by atoms with Crippen LogP contribution in [0.25, 0.3) is 17.3 Å². The first-order valence-corrected chi connectivity index (χ1v) is 11.0. The van der Waals surface area contributed by atoms with E-state index in [2.05, 4.69) is 20.2 Å². The van der Waals surface area contributed by atoms with Gasteiger partial charge < -0.3 is 19.2 Å². The third-order valence-corrected chi connectivity index (χ3v) is 6.70. The molecule has 3 heterocycles. The molecule has 2 aromatic heterocycles. The number of aromatic nitrogens is 3. The topological polar surface area (TPSA) is 121 Å². The number of para-hydroxylation sites is 1. The largest absolute Gasteiger partial charge is 0.494 e. The molecule has 3 aromatic rings. The van der Waals surface area contributed by atoms with Crippen LogP contribution in [0.5, 0.6) is 11.5 Å². The maximum absolute atomic E-state index is 13.0. The Morgan fingerprint density at radius 3 is 2.53 bits per heavy atom. The Balaban J connectivity index is 1.86. The van der Waals surface area contributed by atoms with Crippen LogP contribution in [0, 0.1) is 0 Å². The Kier molecular flexibility index (Phi) is 5.64. The molecule has 0 amide bonds. The maximum Gasteiger partial charge on any atom is 0.243 e.